The Labute approximate surface area is 134 Å². The molecule has 1 aromatic rings. The number of aliphatic hydroxyl groups is 1. The first-order chi connectivity index (χ1) is 10.6. The van der Waals surface area contributed by atoms with Crippen molar-refractivity contribution in [1.82, 2.24) is 9.55 Å². The van der Waals surface area contributed by atoms with E-state index >= 15 is 0 Å². The number of hydrogen-bond donors (Lipinski definition) is 2. The minimum Gasteiger partial charge on any atom is -0.394 e. The Kier molecular flexibility index (Phi) is 6.09. The summed E-state index contributed by atoms with van der Waals surface area (Å²) in [4.78, 5) is 27.4. The SMILES string of the molecule is COCO[C@H]1C[C@H](n2cc(C=CBr)c(=O)[nH]c2=O)O[C@@H]1CO. The number of halogens is 1. The molecule has 0 unspecified atom stereocenters. The molecule has 0 spiro atoms. The number of aliphatic hydroxyl groups excluding tert-OH is 1. The van der Waals surface area contributed by atoms with Crippen molar-refractivity contribution in [2.45, 2.75) is 24.9 Å². The average molecular weight is 377 g/mol. The number of methoxy groups -OCH3 is 1. The van der Waals surface area contributed by atoms with Crippen molar-refractivity contribution in [2.24, 2.45) is 0 Å². The molecule has 0 bridgehead atoms. The van der Waals surface area contributed by atoms with Crippen LogP contribution in [0.2, 0.25) is 0 Å². The lowest BCUT2D eigenvalue weighted by molar-refractivity contribution is -0.108. The van der Waals surface area contributed by atoms with Crippen molar-refractivity contribution < 1.29 is 19.3 Å². The molecule has 2 heterocycles. The highest BCUT2D eigenvalue weighted by Crippen LogP contribution is 2.29. The van der Waals surface area contributed by atoms with Gasteiger partial charge >= 0.3 is 5.69 Å². The van der Waals surface area contributed by atoms with Crippen LogP contribution < -0.4 is 11.2 Å². The fourth-order valence-electron chi connectivity index (χ4n) is 2.27. The van der Waals surface area contributed by atoms with Crippen LogP contribution in [0.1, 0.15) is 18.2 Å². The molecule has 1 aromatic heterocycles. The molecule has 1 aliphatic heterocycles. The topological polar surface area (TPSA) is 103 Å². The average Bonchev–Trinajstić information content (AvgIpc) is 2.91. The van der Waals surface area contributed by atoms with Crippen LogP contribution in [0.5, 0.6) is 0 Å². The van der Waals surface area contributed by atoms with E-state index < -0.39 is 29.7 Å². The molecule has 2 rings (SSSR count). The van der Waals surface area contributed by atoms with Gasteiger partial charge in [-0.15, -0.1) is 0 Å². The first-order valence-corrected chi connectivity index (χ1v) is 7.51. The van der Waals surface area contributed by atoms with Gasteiger partial charge < -0.3 is 19.3 Å². The van der Waals surface area contributed by atoms with E-state index in [1.54, 1.807) is 0 Å². The molecule has 1 aliphatic rings. The molecule has 0 saturated carbocycles. The van der Waals surface area contributed by atoms with Crippen LogP contribution in [0.15, 0.2) is 20.8 Å². The lowest BCUT2D eigenvalue weighted by Gasteiger charge is -2.15. The van der Waals surface area contributed by atoms with Gasteiger partial charge in [0.2, 0.25) is 0 Å². The van der Waals surface area contributed by atoms with E-state index in [0.29, 0.717) is 12.0 Å². The van der Waals surface area contributed by atoms with Gasteiger partial charge in [-0.2, -0.15) is 0 Å². The summed E-state index contributed by atoms with van der Waals surface area (Å²) in [6.07, 6.45) is 1.70. The zero-order valence-corrected chi connectivity index (χ0v) is 13.5. The van der Waals surface area contributed by atoms with Crippen molar-refractivity contribution in [3.8, 4) is 0 Å². The van der Waals surface area contributed by atoms with Gasteiger partial charge in [0, 0.05) is 19.7 Å². The zero-order chi connectivity index (χ0) is 16.1. The van der Waals surface area contributed by atoms with E-state index in [1.165, 1.54) is 28.9 Å². The second-order valence-corrected chi connectivity index (χ2v) is 5.23. The van der Waals surface area contributed by atoms with Crippen LogP contribution in [0.25, 0.3) is 6.08 Å². The lowest BCUT2D eigenvalue weighted by atomic mass is 10.2. The Morgan fingerprint density at radius 2 is 2.36 bits per heavy atom. The number of nitrogens with zero attached hydrogens (tertiary/aromatic N) is 1. The van der Waals surface area contributed by atoms with Crippen molar-refractivity contribution in [2.75, 3.05) is 20.5 Å². The summed E-state index contributed by atoms with van der Waals surface area (Å²) in [7, 11) is 1.49. The first-order valence-electron chi connectivity index (χ1n) is 6.59. The second kappa shape index (κ2) is 7.84. The van der Waals surface area contributed by atoms with Crippen LogP contribution in [0, 0.1) is 0 Å². The largest absolute Gasteiger partial charge is 0.394 e. The first kappa shape index (κ1) is 17.1. The van der Waals surface area contributed by atoms with Crippen molar-refractivity contribution >= 4 is 22.0 Å². The number of aromatic amines is 1. The van der Waals surface area contributed by atoms with E-state index in [1.807, 2.05) is 0 Å². The molecular weight excluding hydrogens is 360 g/mol. The van der Waals surface area contributed by atoms with Crippen LogP contribution >= 0.6 is 15.9 Å². The fourth-order valence-corrected chi connectivity index (χ4v) is 2.55. The molecular formula is C13H17BrN2O6. The summed E-state index contributed by atoms with van der Waals surface area (Å²) >= 11 is 3.09. The molecule has 22 heavy (non-hydrogen) atoms. The predicted octanol–water partition coefficient (Wildman–Crippen LogP) is 0.171. The number of hydrogen-bond acceptors (Lipinski definition) is 6. The molecule has 0 amide bonds. The van der Waals surface area contributed by atoms with Crippen LogP contribution in [0.3, 0.4) is 0 Å². The van der Waals surface area contributed by atoms with Crippen molar-refractivity contribution in [3.63, 3.8) is 0 Å². The summed E-state index contributed by atoms with van der Waals surface area (Å²) in [5, 5.41) is 9.34. The van der Waals surface area contributed by atoms with Gasteiger partial charge in [0.05, 0.1) is 18.3 Å². The number of rotatable bonds is 6. The highest BCUT2D eigenvalue weighted by molar-refractivity contribution is 9.11. The third-order valence-electron chi connectivity index (χ3n) is 3.31. The monoisotopic (exact) mass is 376 g/mol. The van der Waals surface area contributed by atoms with Gasteiger partial charge in [-0.25, -0.2) is 4.79 Å². The predicted molar refractivity (Wildman–Crippen MR) is 81.6 cm³/mol. The van der Waals surface area contributed by atoms with Crippen LogP contribution in [-0.4, -0.2) is 47.4 Å². The summed E-state index contributed by atoms with van der Waals surface area (Å²) in [5.74, 6) is 0. The minimum absolute atomic E-state index is 0.0648. The van der Waals surface area contributed by atoms with Crippen molar-refractivity contribution in [3.05, 3.63) is 37.6 Å². The quantitative estimate of drug-likeness (QED) is 0.686. The summed E-state index contributed by atoms with van der Waals surface area (Å²) in [6, 6.07) is 0. The summed E-state index contributed by atoms with van der Waals surface area (Å²) in [6.45, 7) is -0.174. The van der Waals surface area contributed by atoms with Crippen LogP contribution in [-0.2, 0) is 14.2 Å². The minimum atomic E-state index is -0.633. The van der Waals surface area contributed by atoms with Gasteiger partial charge in [-0.3, -0.25) is 14.3 Å². The number of nitrogens with one attached hydrogen (secondary N) is 1. The van der Waals surface area contributed by atoms with Gasteiger partial charge in [0.25, 0.3) is 5.56 Å². The molecule has 0 radical (unpaired) electrons. The Balaban J connectivity index is 2.27. The van der Waals surface area contributed by atoms with Crippen LogP contribution in [0.4, 0.5) is 0 Å². The summed E-state index contributed by atoms with van der Waals surface area (Å²) in [5.41, 5.74) is -0.756. The Bertz CT molecular complexity index is 640. The number of ether oxygens (including phenoxy) is 3. The van der Waals surface area contributed by atoms with E-state index in [2.05, 4.69) is 20.9 Å². The highest BCUT2D eigenvalue weighted by Gasteiger charge is 2.37. The smallest absolute Gasteiger partial charge is 0.330 e. The number of aromatic nitrogens is 2. The Morgan fingerprint density at radius 3 is 3.00 bits per heavy atom. The Hall–Kier alpha value is -1.26. The van der Waals surface area contributed by atoms with E-state index in [0.717, 1.165) is 0 Å². The highest BCUT2D eigenvalue weighted by atomic mass is 79.9. The molecule has 2 N–H and O–H groups in total. The molecule has 122 valence electrons. The fraction of sp³-hybridized carbons (Fsp3) is 0.538. The molecule has 1 fully saturated rings. The molecule has 1 saturated heterocycles. The maximum Gasteiger partial charge on any atom is 0.330 e. The van der Waals surface area contributed by atoms with Gasteiger partial charge in [-0.1, -0.05) is 15.9 Å². The van der Waals surface area contributed by atoms with Gasteiger partial charge in [-0.05, 0) is 11.1 Å². The molecule has 3 atom stereocenters. The standard InChI is InChI=1S/C13H17BrN2O6/c1-20-7-21-9-4-11(22-10(9)6-17)16-5-8(2-3-14)12(18)15-13(16)19/h2-3,5,9-11,17H,4,6-7H2,1H3,(H,15,18,19)/t9-,10+,11+/m0/s1. The molecule has 0 aromatic carbocycles. The van der Waals surface area contributed by atoms with E-state index in [4.69, 9.17) is 14.2 Å². The third kappa shape index (κ3) is 3.73. The molecule has 9 heteroatoms. The van der Waals surface area contributed by atoms with Crippen molar-refractivity contribution in [1.29, 1.82) is 0 Å². The van der Waals surface area contributed by atoms with Gasteiger partial charge in [0.15, 0.2) is 0 Å². The number of H-pyrrole nitrogens is 1. The third-order valence-corrected chi connectivity index (χ3v) is 3.57. The Morgan fingerprint density at radius 1 is 1.59 bits per heavy atom. The second-order valence-electron chi connectivity index (χ2n) is 4.70. The molecule has 0 aliphatic carbocycles. The van der Waals surface area contributed by atoms with E-state index in [9.17, 15) is 14.7 Å². The van der Waals surface area contributed by atoms with Gasteiger partial charge in [0.1, 0.15) is 19.1 Å². The zero-order valence-electron chi connectivity index (χ0n) is 11.9. The maximum absolute atomic E-state index is 12.0. The normalized spacial score (nSPS) is 25.1. The lowest BCUT2D eigenvalue weighted by Crippen LogP contribution is -2.33. The van der Waals surface area contributed by atoms with E-state index in [-0.39, 0.29) is 13.4 Å². The molecule has 8 nitrogen and oxygen atoms in total. The maximum atomic E-state index is 12.0. The summed E-state index contributed by atoms with van der Waals surface area (Å²) < 4.78 is 17.2.